The fraction of sp³-hybridized carbons (Fsp3) is 0.520. The molecule has 1 aliphatic heterocycles. The highest BCUT2D eigenvalue weighted by Gasteiger charge is 2.55. The first-order valence-electron chi connectivity index (χ1n) is 12.5. The SMILES string of the molecule is CN(C)C(=O)[C@H]1CC[C@H](N(C(=O)C(N)=O)c2ccc(Cl)cn2)[C@H](NC(=O)c2nc3c(s2)CN(C)C32CC2)C1. The highest BCUT2D eigenvalue weighted by atomic mass is 35.5. The van der Waals surface area contributed by atoms with E-state index in [0.29, 0.717) is 22.9 Å². The quantitative estimate of drug-likeness (QED) is 0.529. The van der Waals surface area contributed by atoms with E-state index >= 15 is 0 Å². The highest BCUT2D eigenvalue weighted by molar-refractivity contribution is 7.13. The van der Waals surface area contributed by atoms with Crippen LogP contribution in [0.3, 0.4) is 0 Å². The van der Waals surface area contributed by atoms with Crippen molar-refractivity contribution >= 4 is 52.4 Å². The maximum Gasteiger partial charge on any atom is 0.317 e. The van der Waals surface area contributed by atoms with Crippen molar-refractivity contribution in [1.82, 2.24) is 25.1 Å². The maximum absolute atomic E-state index is 13.5. The standard InChI is InChI=1S/C25H30ClN7O4S/c1-31(2)23(36)13-4-6-16(33(24(37)20(27)34)18-7-5-14(26)11-28-18)15(10-13)29-21(35)22-30-19-17(38-22)12-32(3)25(19)8-9-25/h5,7,11,13,15-16H,4,6,8-10,12H2,1-3H3,(H2,27,34)(H,29,35)/t13-,15+,16-/m0/s1. The lowest BCUT2D eigenvalue weighted by atomic mass is 9.80. The van der Waals surface area contributed by atoms with Crippen molar-refractivity contribution in [2.75, 3.05) is 26.0 Å². The third-order valence-corrected chi connectivity index (χ3v) is 9.07. The Bertz CT molecular complexity index is 1290. The van der Waals surface area contributed by atoms with Crippen molar-refractivity contribution in [2.45, 2.75) is 56.3 Å². The largest absolute Gasteiger partial charge is 0.361 e. The summed E-state index contributed by atoms with van der Waals surface area (Å²) in [6.07, 6.45) is 4.51. The van der Waals surface area contributed by atoms with Gasteiger partial charge in [-0.2, -0.15) is 0 Å². The molecule has 2 aliphatic carbocycles. The Morgan fingerprint density at radius 2 is 1.95 bits per heavy atom. The van der Waals surface area contributed by atoms with Gasteiger partial charge in [0.25, 0.3) is 5.91 Å². The second kappa shape index (κ2) is 9.90. The summed E-state index contributed by atoms with van der Waals surface area (Å²) in [6.45, 7) is 0.759. The molecule has 3 heterocycles. The molecule has 3 aliphatic rings. The van der Waals surface area contributed by atoms with Gasteiger partial charge in [0.2, 0.25) is 5.91 Å². The lowest BCUT2D eigenvalue weighted by Gasteiger charge is -2.41. The van der Waals surface area contributed by atoms with Gasteiger partial charge in [-0.3, -0.25) is 29.0 Å². The fourth-order valence-electron chi connectivity index (χ4n) is 5.70. The number of amides is 4. The van der Waals surface area contributed by atoms with Crippen molar-refractivity contribution < 1.29 is 19.2 Å². The van der Waals surface area contributed by atoms with Gasteiger partial charge in [0.1, 0.15) is 5.82 Å². The Morgan fingerprint density at radius 1 is 1.21 bits per heavy atom. The molecule has 0 aromatic carbocycles. The molecule has 0 bridgehead atoms. The molecule has 3 atom stereocenters. The molecule has 202 valence electrons. The van der Waals surface area contributed by atoms with Crippen molar-refractivity contribution in [3.8, 4) is 0 Å². The second-order valence-electron chi connectivity index (χ2n) is 10.4. The number of nitrogens with one attached hydrogen (secondary N) is 1. The summed E-state index contributed by atoms with van der Waals surface area (Å²) in [4.78, 5) is 66.5. The van der Waals surface area contributed by atoms with Gasteiger partial charge in [-0.05, 0) is 51.3 Å². The number of halogens is 1. The molecule has 0 saturated heterocycles. The number of aromatic nitrogens is 2. The zero-order valence-corrected chi connectivity index (χ0v) is 23.0. The molecule has 0 unspecified atom stereocenters. The minimum Gasteiger partial charge on any atom is -0.361 e. The zero-order valence-electron chi connectivity index (χ0n) is 21.4. The molecule has 3 N–H and O–H groups in total. The monoisotopic (exact) mass is 559 g/mol. The average molecular weight is 560 g/mol. The Kier molecular flexibility index (Phi) is 6.91. The van der Waals surface area contributed by atoms with Crippen LogP contribution in [0.1, 0.15) is 52.5 Å². The van der Waals surface area contributed by atoms with E-state index in [9.17, 15) is 19.2 Å². The summed E-state index contributed by atoms with van der Waals surface area (Å²) in [5, 5.41) is 3.75. The molecule has 1 spiro atoms. The first-order chi connectivity index (χ1) is 18.0. The number of hydrogen-bond acceptors (Lipinski definition) is 8. The first kappa shape index (κ1) is 26.5. The summed E-state index contributed by atoms with van der Waals surface area (Å²) in [6, 6.07) is 1.77. The van der Waals surface area contributed by atoms with E-state index in [1.165, 1.54) is 33.4 Å². The lowest BCUT2D eigenvalue weighted by Crippen LogP contribution is -2.59. The van der Waals surface area contributed by atoms with E-state index in [4.69, 9.17) is 22.3 Å². The number of rotatable bonds is 5. The van der Waals surface area contributed by atoms with Crippen LogP contribution in [0.5, 0.6) is 0 Å². The predicted molar refractivity (Wildman–Crippen MR) is 141 cm³/mol. The van der Waals surface area contributed by atoms with E-state index < -0.39 is 23.9 Å². The predicted octanol–water partition coefficient (Wildman–Crippen LogP) is 1.50. The lowest BCUT2D eigenvalue weighted by molar-refractivity contribution is -0.136. The van der Waals surface area contributed by atoms with Crippen LogP contribution in [-0.4, -0.2) is 76.6 Å². The number of carbonyl (C=O) groups excluding carboxylic acids is 4. The summed E-state index contributed by atoms with van der Waals surface area (Å²) >= 11 is 7.37. The Morgan fingerprint density at radius 3 is 2.55 bits per heavy atom. The topological polar surface area (TPSA) is 142 Å². The Balaban J connectivity index is 1.45. The summed E-state index contributed by atoms with van der Waals surface area (Å²) in [5.41, 5.74) is 6.33. The molecule has 5 rings (SSSR count). The molecule has 2 aromatic heterocycles. The van der Waals surface area contributed by atoms with Gasteiger partial charge in [0, 0.05) is 37.6 Å². The number of nitrogens with zero attached hydrogens (tertiary/aromatic N) is 5. The molecule has 0 radical (unpaired) electrons. The third kappa shape index (κ3) is 4.65. The molecule has 38 heavy (non-hydrogen) atoms. The van der Waals surface area contributed by atoms with Crippen LogP contribution in [0.15, 0.2) is 18.3 Å². The van der Waals surface area contributed by atoms with E-state index in [1.807, 2.05) is 0 Å². The molecular formula is C25H30ClN7O4S. The Labute approximate surface area is 229 Å². The van der Waals surface area contributed by atoms with Crippen LogP contribution >= 0.6 is 22.9 Å². The molecule has 2 aromatic rings. The fourth-order valence-corrected chi connectivity index (χ4v) is 6.92. The zero-order chi connectivity index (χ0) is 27.4. The number of thiazole rings is 1. The number of carbonyl (C=O) groups is 4. The number of fused-ring (bicyclic) bond motifs is 2. The highest BCUT2D eigenvalue weighted by Crippen LogP contribution is 2.56. The van der Waals surface area contributed by atoms with Crippen LogP contribution in [0, 0.1) is 5.92 Å². The number of pyridine rings is 1. The number of hydrogen-bond donors (Lipinski definition) is 2. The van der Waals surface area contributed by atoms with Crippen LogP contribution in [0.4, 0.5) is 5.82 Å². The van der Waals surface area contributed by atoms with E-state index in [2.05, 4.69) is 22.2 Å². The van der Waals surface area contributed by atoms with Gasteiger partial charge >= 0.3 is 11.8 Å². The van der Waals surface area contributed by atoms with E-state index in [-0.39, 0.29) is 35.5 Å². The van der Waals surface area contributed by atoms with Crippen molar-refractivity contribution in [1.29, 1.82) is 0 Å². The smallest absolute Gasteiger partial charge is 0.317 e. The number of nitrogens with two attached hydrogens (primary N) is 1. The van der Waals surface area contributed by atoms with Crippen LogP contribution in [0.25, 0.3) is 0 Å². The van der Waals surface area contributed by atoms with Gasteiger partial charge in [-0.1, -0.05) is 11.6 Å². The molecular weight excluding hydrogens is 530 g/mol. The van der Waals surface area contributed by atoms with Gasteiger partial charge in [-0.15, -0.1) is 11.3 Å². The summed E-state index contributed by atoms with van der Waals surface area (Å²) in [5.74, 6) is -2.70. The minimum atomic E-state index is -1.14. The van der Waals surface area contributed by atoms with Crippen molar-refractivity contribution in [3.63, 3.8) is 0 Å². The first-order valence-corrected chi connectivity index (χ1v) is 13.7. The summed E-state index contributed by atoms with van der Waals surface area (Å²) < 4.78 is 0. The molecule has 13 heteroatoms. The van der Waals surface area contributed by atoms with Gasteiger partial charge in [0.15, 0.2) is 5.01 Å². The summed E-state index contributed by atoms with van der Waals surface area (Å²) in [7, 11) is 5.44. The van der Waals surface area contributed by atoms with Crippen LogP contribution < -0.4 is 16.0 Å². The van der Waals surface area contributed by atoms with Gasteiger partial charge < -0.3 is 16.0 Å². The van der Waals surface area contributed by atoms with Gasteiger partial charge in [0.05, 0.1) is 28.3 Å². The second-order valence-corrected chi connectivity index (χ2v) is 12.0. The van der Waals surface area contributed by atoms with Crippen molar-refractivity contribution in [2.24, 2.45) is 11.7 Å². The maximum atomic E-state index is 13.5. The number of primary amides is 1. The molecule has 4 amide bonds. The molecule has 2 saturated carbocycles. The molecule has 2 fully saturated rings. The Hall–Kier alpha value is -3.09. The van der Waals surface area contributed by atoms with Crippen LogP contribution in [0.2, 0.25) is 5.02 Å². The third-order valence-electron chi connectivity index (χ3n) is 7.81. The number of anilines is 1. The van der Waals surface area contributed by atoms with Crippen LogP contribution in [-0.2, 0) is 26.5 Å². The van der Waals surface area contributed by atoms with E-state index in [0.717, 1.165) is 30.0 Å². The minimum absolute atomic E-state index is 0.0497. The van der Waals surface area contributed by atoms with E-state index in [1.54, 1.807) is 20.2 Å². The van der Waals surface area contributed by atoms with Crippen molar-refractivity contribution in [3.05, 3.63) is 38.9 Å². The van der Waals surface area contributed by atoms with Gasteiger partial charge in [-0.25, -0.2) is 9.97 Å². The molecule has 11 nitrogen and oxygen atoms in total. The normalized spacial score (nSPS) is 23.5. The average Bonchev–Trinajstić information content (AvgIpc) is 3.52.